The molecule has 1 aromatic carbocycles. The number of thiazole rings is 1. The van der Waals surface area contributed by atoms with Crippen LogP contribution in [0.25, 0.3) is 10.2 Å². The van der Waals surface area contributed by atoms with Crippen molar-refractivity contribution in [2.24, 2.45) is 0 Å². The van der Waals surface area contributed by atoms with Gasteiger partial charge in [0.2, 0.25) is 0 Å². The number of nitrogens with zero attached hydrogens (tertiary/aromatic N) is 1. The SMILES string of the molecule is Cc1nc2c[c-]ccc2s1.[Zn+][Br]. The van der Waals surface area contributed by atoms with Crippen LogP contribution in [-0.4, -0.2) is 4.98 Å². The van der Waals surface area contributed by atoms with Gasteiger partial charge in [-0.15, -0.1) is 11.3 Å². The van der Waals surface area contributed by atoms with Crippen LogP contribution in [0.1, 0.15) is 5.01 Å². The first-order chi connectivity index (χ1) is 5.86. The van der Waals surface area contributed by atoms with Crippen LogP contribution in [0.5, 0.6) is 0 Å². The van der Waals surface area contributed by atoms with Gasteiger partial charge in [-0.25, -0.2) is 0 Å². The van der Waals surface area contributed by atoms with Gasteiger partial charge >= 0.3 is 30.0 Å². The molecule has 0 fully saturated rings. The van der Waals surface area contributed by atoms with Crippen molar-refractivity contribution in [2.45, 2.75) is 6.92 Å². The van der Waals surface area contributed by atoms with Gasteiger partial charge in [0, 0.05) is 0 Å². The van der Waals surface area contributed by atoms with Crippen molar-refractivity contribution < 1.29 is 16.3 Å². The van der Waals surface area contributed by atoms with Crippen LogP contribution < -0.4 is 0 Å². The zero-order valence-electron chi connectivity index (χ0n) is 6.67. The first-order valence-electron chi connectivity index (χ1n) is 3.36. The second-order valence-electron chi connectivity index (χ2n) is 2.13. The van der Waals surface area contributed by atoms with Gasteiger partial charge < -0.3 is 4.98 Å². The Labute approximate surface area is 92.2 Å². The second kappa shape index (κ2) is 5.05. The van der Waals surface area contributed by atoms with Gasteiger partial charge in [0.25, 0.3) is 0 Å². The van der Waals surface area contributed by atoms with E-state index in [1.807, 2.05) is 25.1 Å². The third-order valence-electron chi connectivity index (χ3n) is 1.34. The van der Waals surface area contributed by atoms with Crippen LogP contribution in [0, 0.1) is 13.0 Å². The van der Waals surface area contributed by atoms with Gasteiger partial charge in [0.15, 0.2) is 0 Å². The van der Waals surface area contributed by atoms with Gasteiger partial charge in [-0.3, -0.25) is 0 Å². The van der Waals surface area contributed by atoms with Crippen molar-refractivity contribution in [2.75, 3.05) is 0 Å². The van der Waals surface area contributed by atoms with Gasteiger partial charge in [-0.2, -0.15) is 24.3 Å². The van der Waals surface area contributed by atoms with Crippen LogP contribution in [0.4, 0.5) is 0 Å². The predicted molar refractivity (Wildman–Crippen MR) is 52.1 cm³/mol. The number of fused-ring (bicyclic) bond motifs is 1. The summed E-state index contributed by atoms with van der Waals surface area (Å²) in [6, 6.07) is 8.87. The number of hydrogen-bond acceptors (Lipinski definition) is 2. The molecule has 2 rings (SSSR count). The molecule has 0 amide bonds. The van der Waals surface area contributed by atoms with Crippen molar-refractivity contribution in [1.29, 1.82) is 0 Å². The third-order valence-corrected chi connectivity index (χ3v) is 2.29. The van der Waals surface area contributed by atoms with E-state index in [0.29, 0.717) is 0 Å². The zero-order valence-corrected chi connectivity index (χ0v) is 12.0. The Morgan fingerprint density at radius 1 is 1.58 bits per heavy atom. The van der Waals surface area contributed by atoms with Crippen molar-refractivity contribution in [3.05, 3.63) is 29.3 Å². The van der Waals surface area contributed by atoms with E-state index in [-0.39, 0.29) is 0 Å². The molecule has 0 saturated heterocycles. The summed E-state index contributed by atoms with van der Waals surface area (Å²) in [6.45, 7) is 2.02. The number of aromatic nitrogens is 1. The summed E-state index contributed by atoms with van der Waals surface area (Å²) in [4.78, 5) is 4.30. The Bertz CT molecular complexity index is 328. The van der Waals surface area contributed by atoms with Crippen LogP contribution in [0.3, 0.4) is 0 Å². The number of rotatable bonds is 0. The Morgan fingerprint density at radius 3 is 3.00 bits per heavy atom. The van der Waals surface area contributed by atoms with Crippen LogP contribution in [-0.2, 0) is 16.3 Å². The molecule has 58 valence electrons. The molecule has 12 heavy (non-hydrogen) atoms. The monoisotopic (exact) mass is 291 g/mol. The van der Waals surface area contributed by atoms with Crippen LogP contribution >= 0.6 is 25.0 Å². The molecular weight excluding hydrogens is 287 g/mol. The van der Waals surface area contributed by atoms with Crippen molar-refractivity contribution in [1.82, 2.24) is 4.98 Å². The first kappa shape index (κ1) is 10.3. The van der Waals surface area contributed by atoms with Crippen LogP contribution in [0.2, 0.25) is 0 Å². The quantitative estimate of drug-likeness (QED) is 0.537. The van der Waals surface area contributed by atoms with Gasteiger partial charge in [0.05, 0.1) is 5.01 Å². The topological polar surface area (TPSA) is 12.9 Å². The summed E-state index contributed by atoms with van der Waals surface area (Å²) in [5, 5.41) is 1.12. The second-order valence-corrected chi connectivity index (χ2v) is 3.36. The standard InChI is InChI=1S/C8H6NS.BrH.Zn/c1-6-9-7-4-2-3-5-8(7)10-6;;/h3-5H,1H3;1H;/q-1;;+2/p-1. The van der Waals surface area contributed by atoms with E-state index in [2.05, 4.69) is 24.7 Å². The molecule has 0 atom stereocenters. The maximum absolute atomic E-state index is 4.30. The van der Waals surface area contributed by atoms with Crippen molar-refractivity contribution in [3.8, 4) is 0 Å². The first-order valence-corrected chi connectivity index (χ1v) is 11.1. The minimum absolute atomic E-state index is 1.06. The van der Waals surface area contributed by atoms with Crippen molar-refractivity contribution >= 4 is 35.2 Å². The Hall–Kier alpha value is 0.213. The average Bonchev–Trinajstić information content (AvgIpc) is 2.48. The molecule has 0 unspecified atom stereocenters. The number of aryl methyl sites for hydroxylation is 1. The third kappa shape index (κ3) is 2.35. The molecule has 4 heteroatoms. The molecule has 1 nitrogen and oxygen atoms in total. The number of benzene rings is 1. The molecule has 0 bridgehead atoms. The summed E-state index contributed by atoms with van der Waals surface area (Å²) in [5.41, 5.74) is 1.06. The fourth-order valence-electron chi connectivity index (χ4n) is 0.933. The summed E-state index contributed by atoms with van der Waals surface area (Å²) < 4.78 is 1.25. The summed E-state index contributed by atoms with van der Waals surface area (Å²) in [7, 11) is 0. The van der Waals surface area contributed by atoms with E-state index in [0.717, 1.165) is 10.5 Å². The van der Waals surface area contributed by atoms with Gasteiger partial charge in [-0.1, -0.05) is 4.70 Å². The molecular formula is C8H6BrNSZn. The molecule has 0 aliphatic carbocycles. The Morgan fingerprint density at radius 2 is 2.33 bits per heavy atom. The van der Waals surface area contributed by atoms with E-state index < -0.39 is 0 Å². The summed E-state index contributed by atoms with van der Waals surface area (Å²) in [6.07, 6.45) is 0. The molecule has 0 radical (unpaired) electrons. The fourth-order valence-corrected chi connectivity index (χ4v) is 1.74. The molecule has 0 aliphatic rings. The maximum atomic E-state index is 4.30. The molecule has 1 heterocycles. The molecule has 0 N–H and O–H groups in total. The average molecular weight is 294 g/mol. The zero-order chi connectivity index (χ0) is 8.97. The van der Waals surface area contributed by atoms with E-state index in [1.165, 1.54) is 21.0 Å². The minimum atomic E-state index is 1.06. The van der Waals surface area contributed by atoms with E-state index >= 15 is 0 Å². The molecule has 2 aromatic rings. The van der Waals surface area contributed by atoms with Gasteiger partial charge in [-0.05, 0) is 12.4 Å². The summed E-state index contributed by atoms with van der Waals surface area (Å²) in [5.74, 6) is 0. The van der Waals surface area contributed by atoms with Crippen LogP contribution in [0.15, 0.2) is 18.2 Å². The molecule has 0 aliphatic heterocycles. The Balaban J connectivity index is 0.000000336. The van der Waals surface area contributed by atoms with E-state index in [1.54, 1.807) is 11.3 Å². The number of hydrogen-bond donors (Lipinski definition) is 0. The molecule has 1 aromatic heterocycles. The molecule has 0 spiro atoms. The number of halogens is 1. The van der Waals surface area contributed by atoms with Gasteiger partial charge in [0.1, 0.15) is 0 Å². The molecule has 0 saturated carbocycles. The van der Waals surface area contributed by atoms with E-state index in [9.17, 15) is 0 Å². The normalized spacial score (nSPS) is 9.33. The van der Waals surface area contributed by atoms with E-state index in [4.69, 9.17) is 0 Å². The van der Waals surface area contributed by atoms with Crippen molar-refractivity contribution in [3.63, 3.8) is 0 Å². The Kier molecular flexibility index (Phi) is 4.34. The fraction of sp³-hybridized carbons (Fsp3) is 0.125. The summed E-state index contributed by atoms with van der Waals surface area (Å²) >= 11 is 5.97. The predicted octanol–water partition coefficient (Wildman–Crippen LogP) is 3.25.